The molecule has 2 rings (SSSR count). The van der Waals surface area contributed by atoms with Gasteiger partial charge >= 0.3 is 0 Å². The van der Waals surface area contributed by atoms with Gasteiger partial charge in [-0.15, -0.1) is 12.4 Å². The highest BCUT2D eigenvalue weighted by atomic mass is 35.5. The number of rotatable bonds is 8. The van der Waals surface area contributed by atoms with Crippen molar-refractivity contribution >= 4 is 24.2 Å². The number of amides is 2. The lowest BCUT2D eigenvalue weighted by Crippen LogP contribution is -2.36. The summed E-state index contributed by atoms with van der Waals surface area (Å²) in [4.78, 5) is 25.5. The van der Waals surface area contributed by atoms with Crippen LogP contribution in [-0.4, -0.2) is 29.8 Å². The van der Waals surface area contributed by atoms with Crippen LogP contribution in [0, 0.1) is 0 Å². The standard InChI is InChI=1S/C20H25N3O2.ClH/c1-16(24)23(15-17-8-4-2-5-9-17)13-12-20(25)22-14-19(21)18-10-6-3-7-11-18;/h2-11,19H,12-15,21H2,1H3,(H,22,25);1H. The molecule has 1 atom stereocenters. The van der Waals surface area contributed by atoms with Crippen LogP contribution in [0.1, 0.15) is 30.5 Å². The Kier molecular flexibility index (Phi) is 9.41. The Balaban J connectivity index is 0.00000338. The molecule has 0 bridgehead atoms. The number of halogens is 1. The summed E-state index contributed by atoms with van der Waals surface area (Å²) in [5.41, 5.74) is 8.10. The van der Waals surface area contributed by atoms with Gasteiger partial charge in [-0.25, -0.2) is 0 Å². The minimum absolute atomic E-state index is 0. The first-order valence-corrected chi connectivity index (χ1v) is 8.43. The summed E-state index contributed by atoms with van der Waals surface area (Å²) in [7, 11) is 0. The Hall–Kier alpha value is -2.37. The van der Waals surface area contributed by atoms with Crippen molar-refractivity contribution in [3.63, 3.8) is 0 Å². The molecule has 0 heterocycles. The average Bonchev–Trinajstić information content (AvgIpc) is 2.64. The van der Waals surface area contributed by atoms with Gasteiger partial charge < -0.3 is 16.0 Å². The Morgan fingerprint density at radius 1 is 1.04 bits per heavy atom. The largest absolute Gasteiger partial charge is 0.354 e. The second-order valence-electron chi connectivity index (χ2n) is 6.00. The van der Waals surface area contributed by atoms with E-state index >= 15 is 0 Å². The van der Waals surface area contributed by atoms with Gasteiger partial charge in [-0.2, -0.15) is 0 Å². The van der Waals surface area contributed by atoms with E-state index < -0.39 is 0 Å². The molecule has 0 saturated heterocycles. The summed E-state index contributed by atoms with van der Waals surface area (Å²) in [6, 6.07) is 19.2. The number of hydrogen-bond acceptors (Lipinski definition) is 3. The van der Waals surface area contributed by atoms with Crippen molar-refractivity contribution in [1.29, 1.82) is 0 Å². The molecule has 3 N–H and O–H groups in total. The number of benzene rings is 2. The highest BCUT2D eigenvalue weighted by Crippen LogP contribution is 2.08. The van der Waals surface area contributed by atoms with E-state index in [1.54, 1.807) is 4.90 Å². The molecule has 0 radical (unpaired) electrons. The fourth-order valence-electron chi connectivity index (χ4n) is 2.52. The summed E-state index contributed by atoms with van der Waals surface area (Å²) < 4.78 is 0. The van der Waals surface area contributed by atoms with E-state index in [2.05, 4.69) is 5.32 Å². The first-order valence-electron chi connectivity index (χ1n) is 8.43. The molecule has 5 nitrogen and oxygen atoms in total. The van der Waals surface area contributed by atoms with Gasteiger partial charge in [-0.3, -0.25) is 9.59 Å². The van der Waals surface area contributed by atoms with E-state index in [0.717, 1.165) is 11.1 Å². The number of carbonyl (C=O) groups excluding carboxylic acids is 2. The molecule has 140 valence electrons. The SMILES string of the molecule is CC(=O)N(CCC(=O)NCC(N)c1ccccc1)Cc1ccccc1.Cl. The van der Waals surface area contributed by atoms with Gasteiger partial charge in [0.15, 0.2) is 0 Å². The monoisotopic (exact) mass is 375 g/mol. The maximum Gasteiger partial charge on any atom is 0.221 e. The lowest BCUT2D eigenvalue weighted by atomic mass is 10.1. The molecule has 0 fully saturated rings. The highest BCUT2D eigenvalue weighted by Gasteiger charge is 2.13. The fraction of sp³-hybridized carbons (Fsp3) is 0.300. The van der Waals surface area contributed by atoms with Crippen LogP contribution >= 0.6 is 12.4 Å². The second-order valence-corrected chi connectivity index (χ2v) is 6.00. The molecule has 2 aromatic rings. The zero-order valence-electron chi connectivity index (χ0n) is 14.9. The van der Waals surface area contributed by atoms with Crippen molar-refractivity contribution in [2.75, 3.05) is 13.1 Å². The van der Waals surface area contributed by atoms with Crippen LogP contribution in [0.15, 0.2) is 60.7 Å². The Morgan fingerprint density at radius 2 is 1.62 bits per heavy atom. The first kappa shape index (κ1) is 21.7. The molecule has 0 spiro atoms. The molecular formula is C20H26ClN3O2. The van der Waals surface area contributed by atoms with Gasteiger partial charge in [0.05, 0.1) is 0 Å². The van der Waals surface area contributed by atoms with Crippen LogP contribution in [0.5, 0.6) is 0 Å². The van der Waals surface area contributed by atoms with E-state index in [-0.39, 0.29) is 36.7 Å². The van der Waals surface area contributed by atoms with Crippen LogP contribution in [-0.2, 0) is 16.1 Å². The third kappa shape index (κ3) is 7.25. The van der Waals surface area contributed by atoms with Crippen molar-refractivity contribution < 1.29 is 9.59 Å². The van der Waals surface area contributed by atoms with Crippen molar-refractivity contribution in [1.82, 2.24) is 10.2 Å². The topological polar surface area (TPSA) is 75.4 Å². The van der Waals surface area contributed by atoms with Crippen LogP contribution in [0.3, 0.4) is 0 Å². The van der Waals surface area contributed by atoms with Gasteiger partial charge in [0.25, 0.3) is 0 Å². The smallest absolute Gasteiger partial charge is 0.221 e. The lowest BCUT2D eigenvalue weighted by Gasteiger charge is -2.21. The van der Waals surface area contributed by atoms with Crippen LogP contribution in [0.2, 0.25) is 0 Å². The summed E-state index contributed by atoms with van der Waals surface area (Å²) >= 11 is 0. The zero-order valence-corrected chi connectivity index (χ0v) is 15.7. The van der Waals surface area contributed by atoms with Crippen molar-refractivity contribution in [2.24, 2.45) is 5.73 Å². The van der Waals surface area contributed by atoms with Gasteiger partial charge in [0, 0.05) is 39.0 Å². The molecule has 0 aliphatic carbocycles. The molecule has 2 aromatic carbocycles. The van der Waals surface area contributed by atoms with Crippen molar-refractivity contribution in [2.45, 2.75) is 25.9 Å². The normalized spacial score (nSPS) is 11.2. The third-order valence-corrected chi connectivity index (χ3v) is 4.02. The summed E-state index contributed by atoms with van der Waals surface area (Å²) in [6.45, 7) is 2.79. The summed E-state index contributed by atoms with van der Waals surface area (Å²) in [6.07, 6.45) is 0.258. The van der Waals surface area contributed by atoms with E-state index in [1.807, 2.05) is 60.7 Å². The fourth-order valence-corrected chi connectivity index (χ4v) is 2.52. The van der Waals surface area contributed by atoms with Crippen LogP contribution in [0.4, 0.5) is 0 Å². The van der Waals surface area contributed by atoms with E-state index in [1.165, 1.54) is 6.92 Å². The second kappa shape index (κ2) is 11.3. The number of hydrogen-bond donors (Lipinski definition) is 2. The average molecular weight is 376 g/mol. The van der Waals surface area contributed by atoms with Gasteiger partial charge in [0.2, 0.25) is 11.8 Å². The summed E-state index contributed by atoms with van der Waals surface area (Å²) in [5.74, 6) is -0.150. The third-order valence-electron chi connectivity index (χ3n) is 4.02. The number of nitrogens with two attached hydrogens (primary N) is 1. The van der Waals surface area contributed by atoms with Gasteiger partial charge in [0.1, 0.15) is 0 Å². The Bertz CT molecular complexity index is 680. The number of nitrogens with one attached hydrogen (secondary N) is 1. The van der Waals surface area contributed by atoms with Crippen molar-refractivity contribution in [3.05, 3.63) is 71.8 Å². The van der Waals surface area contributed by atoms with Gasteiger partial charge in [-0.1, -0.05) is 60.7 Å². The molecule has 0 saturated carbocycles. The zero-order chi connectivity index (χ0) is 18.1. The van der Waals surface area contributed by atoms with Crippen LogP contribution < -0.4 is 11.1 Å². The molecule has 0 aliphatic rings. The minimum atomic E-state index is -0.238. The predicted octanol–water partition coefficient (Wildman–Crippen LogP) is 2.66. The number of carbonyl (C=O) groups is 2. The molecule has 2 amide bonds. The van der Waals surface area contributed by atoms with E-state index in [4.69, 9.17) is 5.73 Å². The molecule has 1 unspecified atom stereocenters. The van der Waals surface area contributed by atoms with E-state index in [9.17, 15) is 9.59 Å². The highest BCUT2D eigenvalue weighted by molar-refractivity contribution is 5.85. The van der Waals surface area contributed by atoms with Gasteiger partial charge in [-0.05, 0) is 11.1 Å². The lowest BCUT2D eigenvalue weighted by molar-refractivity contribution is -0.130. The quantitative estimate of drug-likeness (QED) is 0.744. The van der Waals surface area contributed by atoms with Crippen molar-refractivity contribution in [3.8, 4) is 0 Å². The molecule has 6 heteroatoms. The minimum Gasteiger partial charge on any atom is -0.354 e. The number of nitrogens with zero attached hydrogens (tertiary/aromatic N) is 1. The predicted molar refractivity (Wildman–Crippen MR) is 106 cm³/mol. The molecule has 26 heavy (non-hydrogen) atoms. The maximum atomic E-state index is 12.1. The Labute approximate surface area is 161 Å². The molecule has 0 aliphatic heterocycles. The van der Waals surface area contributed by atoms with E-state index in [0.29, 0.717) is 19.6 Å². The first-order chi connectivity index (χ1) is 12.1. The van der Waals surface area contributed by atoms with Crippen LogP contribution in [0.25, 0.3) is 0 Å². The Morgan fingerprint density at radius 3 is 2.19 bits per heavy atom. The summed E-state index contributed by atoms with van der Waals surface area (Å²) in [5, 5.41) is 2.84. The maximum absolute atomic E-state index is 12.1. The molecular weight excluding hydrogens is 350 g/mol. The molecule has 0 aromatic heterocycles.